The molecule has 2 fully saturated rings. The molecular formula is C21H22N10O6S3. The number of amides is 2. The van der Waals surface area contributed by atoms with Crippen molar-refractivity contribution < 1.29 is 28.9 Å². The monoisotopic (exact) mass is 606 g/mol. The number of hydrogen-bond donors (Lipinski definition) is 3. The Labute approximate surface area is 238 Å². The van der Waals surface area contributed by atoms with Crippen LogP contribution >= 0.6 is 34.9 Å². The number of carbonyl (C=O) groups excluding carboxylic acids is 2. The van der Waals surface area contributed by atoms with Gasteiger partial charge in [0.1, 0.15) is 34.5 Å². The molecule has 3 aromatic rings. The van der Waals surface area contributed by atoms with Gasteiger partial charge in [0.05, 0.1) is 6.54 Å². The zero-order valence-corrected chi connectivity index (χ0v) is 23.0. The minimum Gasteiger partial charge on any atom is -0.481 e. The van der Waals surface area contributed by atoms with Gasteiger partial charge in [0.25, 0.3) is 5.91 Å². The van der Waals surface area contributed by atoms with E-state index in [-0.39, 0.29) is 41.2 Å². The van der Waals surface area contributed by atoms with Crippen molar-refractivity contribution in [2.75, 3.05) is 23.8 Å². The van der Waals surface area contributed by atoms with Crippen LogP contribution < -0.4 is 11.1 Å². The van der Waals surface area contributed by atoms with Crippen LogP contribution in [0.25, 0.3) is 0 Å². The second kappa shape index (κ2) is 11.6. The number of nitrogens with one attached hydrogen (secondary N) is 1. The largest absolute Gasteiger partial charge is 0.481 e. The summed E-state index contributed by atoms with van der Waals surface area (Å²) in [5.74, 6) is -1.77. The maximum Gasteiger partial charge on any atom is 0.313 e. The molecule has 0 aliphatic carbocycles. The summed E-state index contributed by atoms with van der Waals surface area (Å²) in [4.78, 5) is 49.4. The van der Waals surface area contributed by atoms with Crippen molar-refractivity contribution in [2.45, 2.75) is 29.7 Å². The van der Waals surface area contributed by atoms with Gasteiger partial charge < -0.3 is 30.4 Å². The summed E-state index contributed by atoms with van der Waals surface area (Å²) in [5, 5.41) is 33.6. The third kappa shape index (κ3) is 5.52. The highest BCUT2D eigenvalue weighted by Crippen LogP contribution is 2.44. The number of nitrogens with two attached hydrogens (primary N) is 1. The highest BCUT2D eigenvalue weighted by atomic mass is 32.2. The first-order valence-corrected chi connectivity index (χ1v) is 14.5. The van der Waals surface area contributed by atoms with E-state index in [9.17, 15) is 19.5 Å². The zero-order chi connectivity index (χ0) is 28.3. The number of carboxylic acid groups (broad SMARTS) is 1. The van der Waals surface area contributed by atoms with Gasteiger partial charge in [-0.1, -0.05) is 28.2 Å². The van der Waals surface area contributed by atoms with Gasteiger partial charge in [0.2, 0.25) is 11.1 Å². The smallest absolute Gasteiger partial charge is 0.313 e. The Kier molecular flexibility index (Phi) is 8.03. The van der Waals surface area contributed by atoms with Crippen LogP contribution in [0.15, 0.2) is 45.2 Å². The molecule has 3 atom stereocenters. The van der Waals surface area contributed by atoms with Crippen molar-refractivity contribution in [3.05, 3.63) is 41.8 Å². The zero-order valence-electron chi connectivity index (χ0n) is 20.6. The molecule has 5 rings (SSSR count). The van der Waals surface area contributed by atoms with E-state index in [4.69, 9.17) is 15.1 Å². The van der Waals surface area contributed by atoms with Gasteiger partial charge in [0, 0.05) is 29.5 Å². The van der Waals surface area contributed by atoms with Crippen LogP contribution in [0.4, 0.5) is 5.13 Å². The number of fused-ring (bicyclic) bond motifs is 1. The number of aromatic nitrogens is 6. The van der Waals surface area contributed by atoms with Gasteiger partial charge in [0.15, 0.2) is 17.5 Å². The Morgan fingerprint density at radius 3 is 3.02 bits per heavy atom. The number of β-lactam (4-membered cyclic amide) rings is 1. The van der Waals surface area contributed by atoms with Gasteiger partial charge >= 0.3 is 5.97 Å². The van der Waals surface area contributed by atoms with Crippen LogP contribution in [0.1, 0.15) is 11.4 Å². The van der Waals surface area contributed by atoms with Gasteiger partial charge in [-0.25, -0.2) is 9.67 Å². The van der Waals surface area contributed by atoms with Crippen LogP contribution in [-0.2, 0) is 32.4 Å². The molecule has 2 unspecified atom stereocenters. The average Bonchev–Trinajstić information content (AvgIpc) is 3.71. The number of hydrogen-bond acceptors (Lipinski definition) is 15. The van der Waals surface area contributed by atoms with E-state index < -0.39 is 34.6 Å². The van der Waals surface area contributed by atoms with Gasteiger partial charge in [-0.3, -0.25) is 14.4 Å². The number of nitrogen functional groups attached to an aromatic ring is 1. The highest BCUT2D eigenvalue weighted by molar-refractivity contribution is 8.00. The Morgan fingerprint density at radius 1 is 1.48 bits per heavy atom. The number of carbonyl (C=O) groups is 3. The van der Waals surface area contributed by atoms with E-state index in [0.29, 0.717) is 17.4 Å². The fourth-order valence-electron chi connectivity index (χ4n) is 3.93. The molecule has 0 radical (unpaired) electrons. The number of carboxylic acids is 1. The number of thioether (sulfide) groups is 2. The van der Waals surface area contributed by atoms with Crippen molar-refractivity contribution in [1.82, 2.24) is 40.6 Å². The van der Waals surface area contributed by atoms with Crippen LogP contribution in [0.2, 0.25) is 0 Å². The summed E-state index contributed by atoms with van der Waals surface area (Å²) >= 11 is 3.59. The van der Waals surface area contributed by atoms with Crippen LogP contribution in [-0.4, -0.2) is 93.3 Å². The maximum atomic E-state index is 13.2. The summed E-state index contributed by atoms with van der Waals surface area (Å²) in [6, 6.07) is 0.699. The number of aliphatic carboxylic acids is 1. The number of tetrazole rings is 1. The maximum absolute atomic E-state index is 13.2. The average molecular weight is 607 g/mol. The molecule has 5 heterocycles. The van der Waals surface area contributed by atoms with E-state index in [1.54, 1.807) is 17.5 Å². The lowest BCUT2D eigenvalue weighted by atomic mass is 9.89. The lowest BCUT2D eigenvalue weighted by Gasteiger charge is -2.53. The fourth-order valence-corrected chi connectivity index (χ4v) is 7.23. The predicted octanol–water partition coefficient (Wildman–Crippen LogP) is 0.0699. The predicted molar refractivity (Wildman–Crippen MR) is 143 cm³/mol. The molecule has 3 aromatic heterocycles. The van der Waals surface area contributed by atoms with Gasteiger partial charge in [-0.05, 0) is 10.4 Å². The summed E-state index contributed by atoms with van der Waals surface area (Å²) < 4.78 is 6.25. The number of oxime groups is 1. The van der Waals surface area contributed by atoms with Gasteiger partial charge in [-0.2, -0.15) is 0 Å². The van der Waals surface area contributed by atoms with Crippen LogP contribution in [0.3, 0.4) is 0 Å². The molecule has 0 saturated carbocycles. The first-order chi connectivity index (χ1) is 19.3. The topological polar surface area (TPSA) is 217 Å². The Balaban J connectivity index is 1.24. The lowest BCUT2D eigenvalue weighted by molar-refractivity contribution is -0.157. The van der Waals surface area contributed by atoms with E-state index in [2.05, 4.69) is 42.7 Å². The number of thiazole rings is 1. The minimum atomic E-state index is -1.23. The van der Waals surface area contributed by atoms with Crippen molar-refractivity contribution in [2.24, 2.45) is 10.6 Å². The van der Waals surface area contributed by atoms with E-state index in [0.717, 1.165) is 11.3 Å². The molecule has 4 N–H and O–H groups in total. The molecule has 2 aliphatic heterocycles. The second-order valence-electron chi connectivity index (χ2n) is 8.70. The summed E-state index contributed by atoms with van der Waals surface area (Å²) in [5.41, 5.74) is 4.96. The molecular weight excluding hydrogens is 584 g/mol. The fraction of sp³-hybridized carbons (Fsp3) is 0.381. The normalized spacial score (nSPS) is 22.4. The molecule has 2 aliphatic rings. The SMILES string of the molecule is C=CCn1nnnc1SCC1(C(=O)O)CS[C@@H]2C(NC(=O)C(=NOCc3ccon3)c3csc(N)n3)C(=O)N2C1. The van der Waals surface area contributed by atoms with Gasteiger partial charge in [-0.15, -0.1) is 34.8 Å². The van der Waals surface area contributed by atoms with E-state index in [1.165, 1.54) is 39.4 Å². The molecule has 2 saturated heterocycles. The number of rotatable bonds is 12. The van der Waals surface area contributed by atoms with Crippen LogP contribution in [0.5, 0.6) is 0 Å². The Morgan fingerprint density at radius 2 is 2.33 bits per heavy atom. The first kappa shape index (κ1) is 27.6. The molecule has 210 valence electrons. The van der Waals surface area contributed by atoms with Crippen molar-refractivity contribution in [3.8, 4) is 0 Å². The molecule has 16 nitrogen and oxygen atoms in total. The van der Waals surface area contributed by atoms with E-state index in [1.807, 2.05) is 0 Å². The molecule has 2 amide bonds. The summed E-state index contributed by atoms with van der Waals surface area (Å²) in [7, 11) is 0. The second-order valence-corrected chi connectivity index (χ2v) is 11.6. The number of anilines is 1. The summed E-state index contributed by atoms with van der Waals surface area (Å²) in [6.07, 6.45) is 3.00. The Bertz CT molecular complexity index is 1440. The lowest BCUT2D eigenvalue weighted by Crippen LogP contribution is -2.74. The number of allylic oxidation sites excluding steroid dienone is 1. The van der Waals surface area contributed by atoms with Crippen molar-refractivity contribution >= 4 is 63.5 Å². The molecule has 40 heavy (non-hydrogen) atoms. The molecule has 19 heteroatoms. The molecule has 0 aromatic carbocycles. The van der Waals surface area contributed by atoms with Crippen LogP contribution in [0, 0.1) is 5.41 Å². The van der Waals surface area contributed by atoms with Crippen molar-refractivity contribution in [1.29, 1.82) is 0 Å². The third-order valence-corrected chi connectivity index (χ3v) is 9.51. The molecule has 0 spiro atoms. The summed E-state index contributed by atoms with van der Waals surface area (Å²) in [6.45, 7) is 3.95. The molecule has 0 bridgehead atoms. The quantitative estimate of drug-likeness (QED) is 0.0817. The van der Waals surface area contributed by atoms with Crippen molar-refractivity contribution in [3.63, 3.8) is 0 Å². The first-order valence-electron chi connectivity index (χ1n) is 11.6. The number of nitrogens with zero attached hydrogens (tertiary/aromatic N) is 8. The Hall–Kier alpha value is -3.97. The minimum absolute atomic E-state index is 0.0222. The third-order valence-electron chi connectivity index (χ3n) is 6.00. The standard InChI is InChI=1S/C21H22N10O6S3/c1-2-4-31-20(25-28-29-31)40-10-21(18(34)35)8-30-16(33)14(17(30)39-9-21)24-15(32)13(12-7-38-19(22)23-12)27-37-6-11-3-5-36-26-11/h2-3,5,7,14,17H,1,4,6,8-10H2,(H2,22,23)(H,24,32)(H,34,35)/t14?,17-,21?/m1/s1. The highest BCUT2D eigenvalue weighted by Gasteiger charge is 2.57. The van der Waals surface area contributed by atoms with E-state index >= 15 is 0 Å².